The van der Waals surface area contributed by atoms with Crippen molar-refractivity contribution in [2.75, 3.05) is 40.5 Å². The van der Waals surface area contributed by atoms with Crippen LogP contribution in [0.25, 0.3) is 33.6 Å². The summed E-state index contributed by atoms with van der Waals surface area (Å²) in [5, 5.41) is 16.8. The van der Waals surface area contributed by atoms with Crippen LogP contribution in [0.3, 0.4) is 0 Å². The van der Waals surface area contributed by atoms with E-state index in [9.17, 15) is 9.90 Å². The highest BCUT2D eigenvalue weighted by atomic mass is 35.5. The van der Waals surface area contributed by atoms with Gasteiger partial charge in [0.15, 0.2) is 0 Å². The molecule has 0 bridgehead atoms. The first kappa shape index (κ1) is 34.1. The number of methoxy groups -OCH3 is 2. The molecule has 12 heteroatoms. The number of benzene rings is 2. The fourth-order valence-electron chi connectivity index (χ4n) is 6.37. The standard InChI is InChI=1S/C36H40Cl2N6O4/c1-47-35-23(20-44-15-13-22(21-45)14-16-44)9-11-29(42-35)27-7-3-5-25(33(27)37)26-6-4-8-28(34(26)38)30-19-40-31(36(43-30)48-2)18-39-17-24-10-12-32(46)41-24/h3-9,11,19,22,24,39,45H,10,12-18,20-21H2,1-2H3,(H,41,46)/t24-/m0/s1. The number of aliphatic hydroxyl groups is 1. The predicted molar refractivity (Wildman–Crippen MR) is 187 cm³/mol. The van der Waals surface area contributed by atoms with Crippen LogP contribution in [0.1, 0.15) is 36.9 Å². The van der Waals surface area contributed by atoms with E-state index in [1.54, 1.807) is 20.4 Å². The number of hydrogen-bond acceptors (Lipinski definition) is 9. The molecule has 0 aliphatic carbocycles. The van der Waals surface area contributed by atoms with E-state index >= 15 is 0 Å². The molecule has 0 unspecified atom stereocenters. The summed E-state index contributed by atoms with van der Waals surface area (Å²) >= 11 is 14.2. The van der Waals surface area contributed by atoms with Crippen molar-refractivity contribution in [3.05, 3.63) is 76.0 Å². The Morgan fingerprint density at radius 2 is 1.54 bits per heavy atom. The number of hydrogen-bond donors (Lipinski definition) is 3. The van der Waals surface area contributed by atoms with Gasteiger partial charge in [-0.15, -0.1) is 0 Å². The molecule has 2 saturated heterocycles. The van der Waals surface area contributed by atoms with Gasteiger partial charge in [-0.3, -0.25) is 14.7 Å². The number of piperidine rings is 1. The maximum absolute atomic E-state index is 11.5. The summed E-state index contributed by atoms with van der Waals surface area (Å²) in [6.07, 6.45) is 5.04. The summed E-state index contributed by atoms with van der Waals surface area (Å²) in [7, 11) is 3.20. The molecular weight excluding hydrogens is 651 g/mol. The van der Waals surface area contributed by atoms with E-state index in [0.717, 1.165) is 61.2 Å². The van der Waals surface area contributed by atoms with Crippen molar-refractivity contribution in [2.24, 2.45) is 5.92 Å². The van der Waals surface area contributed by atoms with Crippen LogP contribution in [-0.4, -0.2) is 77.4 Å². The zero-order valence-corrected chi connectivity index (χ0v) is 28.7. The average Bonchev–Trinajstić information content (AvgIpc) is 3.54. The quantitative estimate of drug-likeness (QED) is 0.170. The van der Waals surface area contributed by atoms with Crippen molar-refractivity contribution in [3.63, 3.8) is 0 Å². The topological polar surface area (TPSA) is 122 Å². The molecule has 252 valence electrons. The van der Waals surface area contributed by atoms with Crippen molar-refractivity contribution in [2.45, 2.75) is 44.8 Å². The monoisotopic (exact) mass is 690 g/mol. The van der Waals surface area contributed by atoms with E-state index < -0.39 is 0 Å². The molecule has 10 nitrogen and oxygen atoms in total. The van der Waals surface area contributed by atoms with Gasteiger partial charge in [-0.25, -0.2) is 9.97 Å². The van der Waals surface area contributed by atoms with Crippen LogP contribution in [0.15, 0.2) is 54.7 Å². The number of likely N-dealkylation sites (tertiary alicyclic amines) is 1. The van der Waals surface area contributed by atoms with Crippen molar-refractivity contribution in [1.82, 2.24) is 30.5 Å². The molecule has 3 N–H and O–H groups in total. The van der Waals surface area contributed by atoms with E-state index in [2.05, 4.69) is 20.5 Å². The molecule has 1 atom stereocenters. The van der Waals surface area contributed by atoms with Gasteiger partial charge in [0.25, 0.3) is 0 Å². The van der Waals surface area contributed by atoms with Crippen LogP contribution >= 0.6 is 23.2 Å². The van der Waals surface area contributed by atoms with E-state index in [4.69, 9.17) is 42.6 Å². The Balaban J connectivity index is 1.22. The molecule has 0 radical (unpaired) electrons. The molecule has 2 aromatic heterocycles. The van der Waals surface area contributed by atoms with Crippen LogP contribution in [-0.2, 0) is 17.9 Å². The summed E-state index contributed by atoms with van der Waals surface area (Å²) < 4.78 is 11.3. The molecule has 0 saturated carbocycles. The van der Waals surface area contributed by atoms with E-state index in [1.165, 1.54) is 0 Å². The number of aromatic nitrogens is 3. The summed E-state index contributed by atoms with van der Waals surface area (Å²) in [4.78, 5) is 28.1. The minimum absolute atomic E-state index is 0.0869. The lowest BCUT2D eigenvalue weighted by Gasteiger charge is -2.31. The first-order valence-electron chi connectivity index (χ1n) is 16.2. The first-order valence-corrected chi connectivity index (χ1v) is 17.0. The Morgan fingerprint density at radius 3 is 2.17 bits per heavy atom. The van der Waals surface area contributed by atoms with E-state index in [0.29, 0.717) is 69.9 Å². The van der Waals surface area contributed by atoms with Gasteiger partial charge in [0, 0.05) is 66.5 Å². The van der Waals surface area contributed by atoms with E-state index in [1.807, 2.05) is 48.5 Å². The number of pyridine rings is 1. The number of nitrogens with zero attached hydrogens (tertiary/aromatic N) is 4. The van der Waals surface area contributed by atoms with Crippen LogP contribution in [0.2, 0.25) is 10.0 Å². The Kier molecular flexibility index (Phi) is 11.1. The maximum atomic E-state index is 11.5. The molecule has 2 aliphatic heterocycles. The molecule has 4 heterocycles. The molecule has 0 spiro atoms. The number of ether oxygens (including phenoxy) is 2. The number of rotatable bonds is 12. The van der Waals surface area contributed by atoms with Gasteiger partial charge in [-0.2, -0.15) is 0 Å². The third-order valence-corrected chi connectivity index (χ3v) is 9.92. The second-order valence-electron chi connectivity index (χ2n) is 12.2. The minimum Gasteiger partial charge on any atom is -0.481 e. The molecule has 6 rings (SSSR count). The molecule has 1 amide bonds. The summed E-state index contributed by atoms with van der Waals surface area (Å²) in [6, 6.07) is 15.7. The first-order chi connectivity index (χ1) is 23.4. The van der Waals surface area contributed by atoms with E-state index in [-0.39, 0.29) is 18.6 Å². The predicted octanol–water partition coefficient (Wildman–Crippen LogP) is 5.77. The number of aliphatic hydroxyl groups excluding tert-OH is 1. The highest BCUT2D eigenvalue weighted by Crippen LogP contribution is 2.42. The maximum Gasteiger partial charge on any atom is 0.237 e. The lowest BCUT2D eigenvalue weighted by atomic mass is 9.97. The van der Waals surface area contributed by atoms with Crippen molar-refractivity contribution in [1.29, 1.82) is 0 Å². The van der Waals surface area contributed by atoms with Crippen LogP contribution in [0, 0.1) is 5.92 Å². The van der Waals surface area contributed by atoms with Crippen LogP contribution in [0.4, 0.5) is 0 Å². The fraction of sp³-hybridized carbons (Fsp3) is 0.389. The fourth-order valence-corrected chi connectivity index (χ4v) is 7.02. The average molecular weight is 692 g/mol. The lowest BCUT2D eigenvalue weighted by molar-refractivity contribution is -0.119. The number of amides is 1. The number of carbonyl (C=O) groups excluding carboxylic acids is 1. The van der Waals surface area contributed by atoms with Gasteiger partial charge < -0.3 is 25.2 Å². The summed E-state index contributed by atoms with van der Waals surface area (Å²) in [6.45, 7) is 3.95. The molecule has 4 aromatic rings. The number of carbonyl (C=O) groups is 1. The van der Waals surface area contributed by atoms with Crippen LogP contribution < -0.4 is 20.1 Å². The van der Waals surface area contributed by atoms with Gasteiger partial charge in [0.2, 0.25) is 17.7 Å². The summed E-state index contributed by atoms with van der Waals surface area (Å²) in [5.74, 6) is 1.43. The van der Waals surface area contributed by atoms with Gasteiger partial charge in [0.1, 0.15) is 5.69 Å². The Hall–Kier alpha value is -3.80. The second-order valence-corrected chi connectivity index (χ2v) is 13.0. The molecule has 2 aliphatic rings. The lowest BCUT2D eigenvalue weighted by Crippen LogP contribution is -2.35. The van der Waals surface area contributed by atoms with Crippen molar-refractivity contribution < 1.29 is 19.4 Å². The molecular formula is C36H40Cl2N6O4. The zero-order valence-electron chi connectivity index (χ0n) is 27.1. The van der Waals surface area contributed by atoms with Crippen molar-refractivity contribution in [3.8, 4) is 45.4 Å². The van der Waals surface area contributed by atoms with Crippen LogP contribution in [0.5, 0.6) is 11.8 Å². The highest BCUT2D eigenvalue weighted by molar-refractivity contribution is 6.39. The molecule has 48 heavy (non-hydrogen) atoms. The number of halogens is 2. The van der Waals surface area contributed by atoms with Gasteiger partial charge in [0.05, 0.1) is 41.8 Å². The van der Waals surface area contributed by atoms with Gasteiger partial charge in [-0.1, -0.05) is 65.7 Å². The van der Waals surface area contributed by atoms with Gasteiger partial charge in [-0.05, 0) is 44.3 Å². The third kappa shape index (κ3) is 7.58. The Labute approximate surface area is 290 Å². The van der Waals surface area contributed by atoms with Crippen molar-refractivity contribution >= 4 is 29.1 Å². The molecule has 2 aromatic carbocycles. The number of nitrogens with one attached hydrogen (secondary N) is 2. The second kappa shape index (κ2) is 15.6. The smallest absolute Gasteiger partial charge is 0.237 e. The SMILES string of the molecule is COc1nc(-c2cccc(-c3cccc(-c4cnc(CNC[C@@H]5CCC(=O)N5)c(OC)n4)c3Cl)c2Cl)ccc1CN1CCC(CO)CC1. The molecule has 2 fully saturated rings. The zero-order chi connectivity index (χ0) is 33.6. The third-order valence-electron chi connectivity index (χ3n) is 9.10. The minimum atomic E-state index is 0.0869. The largest absolute Gasteiger partial charge is 0.481 e. The normalized spacial score (nSPS) is 17.0. The Bertz CT molecular complexity index is 1760. The summed E-state index contributed by atoms with van der Waals surface area (Å²) in [5.41, 5.74) is 5.91. The highest BCUT2D eigenvalue weighted by Gasteiger charge is 2.23. The van der Waals surface area contributed by atoms with Gasteiger partial charge >= 0.3 is 0 Å². The Morgan fingerprint density at radius 1 is 0.896 bits per heavy atom.